The van der Waals surface area contributed by atoms with Crippen LogP contribution in [0.1, 0.15) is 25.3 Å². The molecule has 1 unspecified atom stereocenters. The van der Waals surface area contributed by atoms with Crippen molar-refractivity contribution in [2.45, 2.75) is 37.8 Å². The van der Waals surface area contributed by atoms with Crippen LogP contribution in [0.25, 0.3) is 0 Å². The molecule has 0 spiro atoms. The van der Waals surface area contributed by atoms with Gasteiger partial charge < -0.3 is 15.2 Å². The van der Waals surface area contributed by atoms with Crippen LogP contribution in [0.5, 0.6) is 0 Å². The van der Waals surface area contributed by atoms with Crippen LogP contribution < -0.4 is 5.32 Å². The fourth-order valence-corrected chi connectivity index (χ4v) is 2.71. The van der Waals surface area contributed by atoms with E-state index in [1.165, 1.54) is 6.07 Å². The lowest BCUT2D eigenvalue weighted by atomic mass is 9.94. The molecule has 1 heterocycles. The van der Waals surface area contributed by atoms with Gasteiger partial charge >= 0.3 is 0 Å². The maximum absolute atomic E-state index is 13.8. The van der Waals surface area contributed by atoms with Crippen molar-refractivity contribution >= 4 is 15.9 Å². The first-order valence-corrected chi connectivity index (χ1v) is 7.75. The molecule has 0 amide bonds. The Balaban J connectivity index is 1.84. The number of hydrogen-bond acceptors (Lipinski definition) is 3. The molecule has 2 rings (SSSR count). The van der Waals surface area contributed by atoms with Gasteiger partial charge in [-0.2, -0.15) is 0 Å². The first kappa shape index (κ1) is 15.9. The highest BCUT2D eigenvalue weighted by molar-refractivity contribution is 9.10. The van der Waals surface area contributed by atoms with Crippen molar-refractivity contribution in [2.24, 2.45) is 0 Å². The fourth-order valence-electron chi connectivity index (χ4n) is 2.38. The van der Waals surface area contributed by atoms with Crippen LogP contribution in [0.15, 0.2) is 22.7 Å². The van der Waals surface area contributed by atoms with Gasteiger partial charge in [0.15, 0.2) is 0 Å². The van der Waals surface area contributed by atoms with E-state index in [4.69, 9.17) is 4.74 Å². The zero-order chi connectivity index (χ0) is 14.6. The summed E-state index contributed by atoms with van der Waals surface area (Å²) in [6.45, 7) is 3.74. The van der Waals surface area contributed by atoms with Gasteiger partial charge in [0.1, 0.15) is 5.82 Å². The highest BCUT2D eigenvalue weighted by Crippen LogP contribution is 2.20. The maximum atomic E-state index is 13.8. The van der Waals surface area contributed by atoms with Gasteiger partial charge in [-0.05, 0) is 31.0 Å². The number of hydrogen-bond donors (Lipinski definition) is 2. The lowest BCUT2D eigenvalue weighted by molar-refractivity contribution is -0.0625. The molecule has 1 aromatic carbocycles. The summed E-state index contributed by atoms with van der Waals surface area (Å²) < 4.78 is 19.8. The monoisotopic (exact) mass is 345 g/mol. The number of halogens is 2. The molecule has 1 aromatic rings. The minimum Gasteiger partial charge on any atom is -0.388 e. The second-order valence-electron chi connectivity index (χ2n) is 5.56. The molecule has 0 saturated carbocycles. The van der Waals surface area contributed by atoms with Crippen molar-refractivity contribution < 1.29 is 14.2 Å². The van der Waals surface area contributed by atoms with Gasteiger partial charge in [-0.15, -0.1) is 0 Å². The number of rotatable bonds is 5. The Hall–Kier alpha value is -0.490. The van der Waals surface area contributed by atoms with Gasteiger partial charge in [0.25, 0.3) is 0 Å². The van der Waals surface area contributed by atoms with E-state index in [9.17, 15) is 9.50 Å². The Morgan fingerprint density at radius 3 is 2.80 bits per heavy atom. The fraction of sp³-hybridized carbons (Fsp3) is 0.600. The second kappa shape index (κ2) is 6.98. The van der Waals surface area contributed by atoms with Gasteiger partial charge in [-0.25, -0.2) is 4.39 Å². The van der Waals surface area contributed by atoms with E-state index in [0.717, 1.165) is 4.47 Å². The molecule has 112 valence electrons. The van der Waals surface area contributed by atoms with Gasteiger partial charge in [0, 0.05) is 43.1 Å². The molecule has 2 N–H and O–H groups in total. The highest BCUT2D eigenvalue weighted by Gasteiger charge is 2.29. The van der Waals surface area contributed by atoms with Crippen LogP contribution in [0.2, 0.25) is 0 Å². The largest absolute Gasteiger partial charge is 0.388 e. The van der Waals surface area contributed by atoms with Gasteiger partial charge in [0.05, 0.1) is 5.60 Å². The third-order valence-electron chi connectivity index (χ3n) is 3.74. The molecule has 1 aliphatic heterocycles. The van der Waals surface area contributed by atoms with E-state index in [-0.39, 0.29) is 11.9 Å². The van der Waals surface area contributed by atoms with Crippen molar-refractivity contribution in [1.82, 2.24) is 5.32 Å². The minimum absolute atomic E-state index is 0.109. The Labute approximate surface area is 127 Å². The molecule has 0 radical (unpaired) electrons. The number of benzene rings is 1. The van der Waals surface area contributed by atoms with Gasteiger partial charge in [-0.1, -0.05) is 22.0 Å². The number of ether oxygens (including phenoxy) is 1. The van der Waals surface area contributed by atoms with Gasteiger partial charge in [-0.3, -0.25) is 0 Å². The average molecular weight is 346 g/mol. The summed E-state index contributed by atoms with van der Waals surface area (Å²) in [5.74, 6) is -0.196. The molecular weight excluding hydrogens is 325 g/mol. The zero-order valence-corrected chi connectivity index (χ0v) is 13.2. The highest BCUT2D eigenvalue weighted by atomic mass is 79.9. The van der Waals surface area contributed by atoms with E-state index in [2.05, 4.69) is 21.2 Å². The quantitative estimate of drug-likeness (QED) is 0.861. The maximum Gasteiger partial charge on any atom is 0.127 e. The molecule has 3 nitrogen and oxygen atoms in total. The first-order valence-electron chi connectivity index (χ1n) is 6.96. The van der Waals surface area contributed by atoms with E-state index in [1.54, 1.807) is 6.07 Å². The van der Waals surface area contributed by atoms with Crippen LogP contribution in [0, 0.1) is 5.82 Å². The van der Waals surface area contributed by atoms with Crippen LogP contribution >= 0.6 is 15.9 Å². The molecule has 1 atom stereocenters. The van der Waals surface area contributed by atoms with Gasteiger partial charge in [0.2, 0.25) is 0 Å². The first-order chi connectivity index (χ1) is 9.48. The lowest BCUT2D eigenvalue weighted by Gasteiger charge is -2.33. The van der Waals surface area contributed by atoms with E-state index in [1.807, 2.05) is 13.0 Å². The smallest absolute Gasteiger partial charge is 0.127 e. The third-order valence-corrected chi connectivity index (χ3v) is 4.24. The molecule has 20 heavy (non-hydrogen) atoms. The normalized spacial score (nSPS) is 19.8. The SMILES string of the molecule is CC(Cc1ccc(Br)cc1F)NCC1(O)CCOCC1. The van der Waals surface area contributed by atoms with Crippen molar-refractivity contribution in [2.75, 3.05) is 19.8 Å². The van der Waals surface area contributed by atoms with E-state index < -0.39 is 5.60 Å². The summed E-state index contributed by atoms with van der Waals surface area (Å²) in [7, 11) is 0. The average Bonchev–Trinajstić information content (AvgIpc) is 2.41. The van der Waals surface area contributed by atoms with E-state index >= 15 is 0 Å². The Morgan fingerprint density at radius 1 is 1.45 bits per heavy atom. The summed E-state index contributed by atoms with van der Waals surface area (Å²) >= 11 is 3.25. The zero-order valence-electron chi connectivity index (χ0n) is 11.7. The molecule has 0 aliphatic carbocycles. The summed E-state index contributed by atoms with van der Waals surface area (Å²) in [6, 6.07) is 5.23. The molecule has 1 saturated heterocycles. The molecule has 0 aromatic heterocycles. The Kier molecular flexibility index (Phi) is 5.55. The molecule has 5 heteroatoms. The predicted molar refractivity (Wildman–Crippen MR) is 80.3 cm³/mol. The topological polar surface area (TPSA) is 41.5 Å². The van der Waals surface area contributed by atoms with E-state index in [0.29, 0.717) is 44.6 Å². The molecule has 1 fully saturated rings. The summed E-state index contributed by atoms with van der Waals surface area (Å²) in [4.78, 5) is 0. The van der Waals surface area contributed by atoms with Crippen molar-refractivity contribution in [3.63, 3.8) is 0 Å². The third kappa shape index (κ3) is 4.52. The molecular formula is C15H21BrFNO2. The summed E-state index contributed by atoms with van der Waals surface area (Å²) in [6.07, 6.45) is 1.91. The lowest BCUT2D eigenvalue weighted by Crippen LogP contribution is -2.47. The van der Waals surface area contributed by atoms with Crippen LogP contribution in [-0.2, 0) is 11.2 Å². The second-order valence-corrected chi connectivity index (χ2v) is 6.47. The Morgan fingerprint density at radius 2 is 2.15 bits per heavy atom. The summed E-state index contributed by atoms with van der Waals surface area (Å²) in [5.41, 5.74) is -0.00252. The van der Waals surface area contributed by atoms with Crippen molar-refractivity contribution in [3.8, 4) is 0 Å². The molecule has 0 bridgehead atoms. The van der Waals surface area contributed by atoms with Crippen LogP contribution in [-0.4, -0.2) is 36.5 Å². The summed E-state index contributed by atoms with van der Waals surface area (Å²) in [5, 5.41) is 13.7. The van der Waals surface area contributed by atoms with Crippen molar-refractivity contribution in [1.29, 1.82) is 0 Å². The minimum atomic E-state index is -0.690. The number of aliphatic hydroxyl groups is 1. The van der Waals surface area contributed by atoms with Crippen LogP contribution in [0.3, 0.4) is 0 Å². The number of nitrogens with one attached hydrogen (secondary N) is 1. The molecule has 1 aliphatic rings. The predicted octanol–water partition coefficient (Wildman–Crippen LogP) is 2.65. The standard InChI is InChI=1S/C15H21BrFNO2/c1-11(8-12-2-3-13(16)9-14(12)17)18-10-15(19)4-6-20-7-5-15/h2-3,9,11,18-19H,4-8,10H2,1H3. The Bertz CT molecular complexity index is 449. The van der Waals surface area contributed by atoms with Crippen molar-refractivity contribution in [3.05, 3.63) is 34.1 Å². The van der Waals surface area contributed by atoms with Crippen LogP contribution in [0.4, 0.5) is 4.39 Å².